The molecule has 0 radical (unpaired) electrons. The van der Waals surface area contributed by atoms with Gasteiger partial charge in [0.15, 0.2) is 0 Å². The molecule has 2 aliphatic carbocycles. The monoisotopic (exact) mass is 286 g/mol. The van der Waals surface area contributed by atoms with E-state index in [4.69, 9.17) is 9.47 Å². The van der Waals surface area contributed by atoms with E-state index in [-0.39, 0.29) is 36.1 Å². The van der Waals surface area contributed by atoms with Crippen molar-refractivity contribution in [2.24, 2.45) is 23.7 Å². The molecule has 0 aromatic heterocycles. The smallest absolute Gasteiger partial charge is 0.317 e. The predicted molar refractivity (Wildman–Crippen MR) is 75.0 cm³/mol. The fourth-order valence-corrected chi connectivity index (χ4v) is 4.20. The molecule has 4 unspecified atom stereocenters. The third kappa shape index (κ3) is 2.01. The molecule has 21 heavy (non-hydrogen) atoms. The summed E-state index contributed by atoms with van der Waals surface area (Å²) in [6.45, 7) is 3.52. The third-order valence-electron chi connectivity index (χ3n) is 5.19. The maximum atomic E-state index is 12.0. The molecular weight excluding hydrogens is 268 g/mol. The van der Waals surface area contributed by atoms with E-state index in [0.717, 1.165) is 13.0 Å². The van der Waals surface area contributed by atoms with Gasteiger partial charge in [-0.1, -0.05) is 23.8 Å². The number of esters is 2. The summed E-state index contributed by atoms with van der Waals surface area (Å²) in [4.78, 5) is 23.4. The Morgan fingerprint density at radius 2 is 2.14 bits per heavy atom. The first-order valence-electron chi connectivity index (χ1n) is 7.55. The summed E-state index contributed by atoms with van der Waals surface area (Å²) in [5, 5.41) is 0. The van der Waals surface area contributed by atoms with E-state index in [1.165, 1.54) is 16.7 Å². The minimum Gasteiger partial charge on any atom is -0.393 e. The Bertz CT molecular complexity index is 610. The number of cyclic esters (lactones) is 2. The van der Waals surface area contributed by atoms with Gasteiger partial charge >= 0.3 is 11.9 Å². The molecule has 2 fully saturated rings. The molecule has 0 bridgehead atoms. The summed E-state index contributed by atoms with van der Waals surface area (Å²) in [5.74, 6) is -0.265. The lowest BCUT2D eigenvalue weighted by Crippen LogP contribution is -2.34. The molecule has 2 aliphatic heterocycles. The standard InChI is InChI=1S/C17H18O4/c1-9-2-3-11-12(4-9)15-8-20-7-10(15)5-13(11)14-6-16(18)21-17(14)19/h2-4,10-11,13-14H,5-8H2,1H3. The molecule has 0 saturated carbocycles. The van der Waals surface area contributed by atoms with Crippen molar-refractivity contribution >= 4 is 11.9 Å². The average Bonchev–Trinajstić information content (AvgIpc) is 3.04. The minimum atomic E-state index is -0.379. The van der Waals surface area contributed by atoms with E-state index in [2.05, 4.69) is 25.2 Å². The molecule has 2 saturated heterocycles. The zero-order chi connectivity index (χ0) is 14.6. The van der Waals surface area contributed by atoms with Crippen LogP contribution < -0.4 is 0 Å². The average molecular weight is 286 g/mol. The first-order valence-corrected chi connectivity index (χ1v) is 7.55. The van der Waals surface area contributed by atoms with Crippen LogP contribution in [0.4, 0.5) is 0 Å². The Hall–Kier alpha value is -1.68. The molecule has 0 aromatic rings. The minimum absolute atomic E-state index is 0.148. The fourth-order valence-electron chi connectivity index (χ4n) is 4.20. The summed E-state index contributed by atoms with van der Waals surface area (Å²) in [5.41, 5.74) is 3.92. The molecule has 4 atom stereocenters. The van der Waals surface area contributed by atoms with Gasteiger partial charge in [0.2, 0.25) is 0 Å². The van der Waals surface area contributed by atoms with Crippen LogP contribution in [0.3, 0.4) is 0 Å². The number of hydrogen-bond donors (Lipinski definition) is 0. The molecule has 0 spiro atoms. The highest BCUT2D eigenvalue weighted by Crippen LogP contribution is 2.48. The van der Waals surface area contributed by atoms with Crippen LogP contribution in [0.5, 0.6) is 0 Å². The molecule has 0 amide bonds. The summed E-state index contributed by atoms with van der Waals surface area (Å²) in [6, 6.07) is 0. The third-order valence-corrected chi connectivity index (χ3v) is 5.19. The second-order valence-corrected chi connectivity index (χ2v) is 6.47. The lowest BCUT2D eigenvalue weighted by atomic mass is 9.64. The number of fused-ring (bicyclic) bond motifs is 2. The van der Waals surface area contributed by atoms with E-state index in [0.29, 0.717) is 12.5 Å². The van der Waals surface area contributed by atoms with Crippen LogP contribution in [0.25, 0.3) is 0 Å². The van der Waals surface area contributed by atoms with E-state index in [1.807, 2.05) is 0 Å². The fraction of sp³-hybridized carbons (Fsp3) is 0.529. The van der Waals surface area contributed by atoms with E-state index < -0.39 is 0 Å². The SMILES string of the molecule is CC1=CC2=C3COCC3CC(C3CC(=O)OC3=O)C2C=C1. The van der Waals surface area contributed by atoms with Gasteiger partial charge < -0.3 is 9.47 Å². The van der Waals surface area contributed by atoms with Gasteiger partial charge in [0.05, 0.1) is 25.6 Å². The molecule has 2 heterocycles. The number of carbonyl (C=O) groups is 2. The van der Waals surface area contributed by atoms with Crippen molar-refractivity contribution in [3.63, 3.8) is 0 Å². The van der Waals surface area contributed by atoms with Crippen LogP contribution in [0.2, 0.25) is 0 Å². The molecule has 4 rings (SSSR count). The van der Waals surface area contributed by atoms with Gasteiger partial charge in [0, 0.05) is 11.8 Å². The van der Waals surface area contributed by atoms with Gasteiger partial charge in [-0.2, -0.15) is 0 Å². The van der Waals surface area contributed by atoms with Crippen molar-refractivity contribution in [3.8, 4) is 0 Å². The molecule has 4 aliphatic rings. The van der Waals surface area contributed by atoms with Gasteiger partial charge in [-0.25, -0.2) is 0 Å². The lowest BCUT2D eigenvalue weighted by Gasteiger charge is -2.38. The number of carbonyl (C=O) groups excluding carboxylic acids is 2. The molecule has 4 nitrogen and oxygen atoms in total. The Balaban J connectivity index is 1.73. The highest BCUT2D eigenvalue weighted by Gasteiger charge is 2.47. The topological polar surface area (TPSA) is 52.6 Å². The summed E-state index contributed by atoms with van der Waals surface area (Å²) in [6.07, 6.45) is 7.66. The second kappa shape index (κ2) is 4.67. The molecule has 0 aromatic carbocycles. The largest absolute Gasteiger partial charge is 0.393 e. The van der Waals surface area contributed by atoms with Crippen LogP contribution >= 0.6 is 0 Å². The number of ether oxygens (including phenoxy) is 2. The summed E-state index contributed by atoms with van der Waals surface area (Å²) in [7, 11) is 0. The first-order chi connectivity index (χ1) is 10.1. The van der Waals surface area contributed by atoms with Crippen molar-refractivity contribution < 1.29 is 19.1 Å². The van der Waals surface area contributed by atoms with Crippen LogP contribution in [-0.4, -0.2) is 25.2 Å². The van der Waals surface area contributed by atoms with Crippen molar-refractivity contribution in [2.45, 2.75) is 19.8 Å². The lowest BCUT2D eigenvalue weighted by molar-refractivity contribution is -0.153. The molecule has 110 valence electrons. The second-order valence-electron chi connectivity index (χ2n) is 6.47. The number of hydrogen-bond acceptors (Lipinski definition) is 4. The van der Waals surface area contributed by atoms with Gasteiger partial charge in [0.1, 0.15) is 0 Å². The maximum absolute atomic E-state index is 12.0. The Kier molecular flexibility index (Phi) is 2.89. The van der Waals surface area contributed by atoms with Crippen LogP contribution in [-0.2, 0) is 19.1 Å². The first kappa shape index (κ1) is 13.0. The molecular formula is C17H18O4. The van der Waals surface area contributed by atoms with Crippen molar-refractivity contribution in [1.29, 1.82) is 0 Å². The van der Waals surface area contributed by atoms with Gasteiger partial charge in [-0.05, 0) is 30.4 Å². The quantitative estimate of drug-likeness (QED) is 0.547. The summed E-state index contributed by atoms with van der Waals surface area (Å²) >= 11 is 0. The van der Waals surface area contributed by atoms with Crippen LogP contribution in [0.1, 0.15) is 19.8 Å². The molecule has 4 heteroatoms. The van der Waals surface area contributed by atoms with Crippen molar-refractivity contribution in [1.82, 2.24) is 0 Å². The Labute approximate surface area is 123 Å². The van der Waals surface area contributed by atoms with Gasteiger partial charge in [-0.3, -0.25) is 9.59 Å². The Morgan fingerprint density at radius 3 is 2.90 bits per heavy atom. The van der Waals surface area contributed by atoms with Crippen molar-refractivity contribution in [3.05, 3.63) is 34.9 Å². The van der Waals surface area contributed by atoms with Gasteiger partial charge in [0.25, 0.3) is 0 Å². The molecule has 0 N–H and O–H groups in total. The van der Waals surface area contributed by atoms with Crippen LogP contribution in [0, 0.1) is 23.7 Å². The number of allylic oxidation sites excluding steroid dienone is 5. The predicted octanol–water partition coefficient (Wildman–Crippen LogP) is 2.17. The highest BCUT2D eigenvalue weighted by molar-refractivity contribution is 5.94. The zero-order valence-corrected chi connectivity index (χ0v) is 12.0. The zero-order valence-electron chi connectivity index (χ0n) is 12.0. The van der Waals surface area contributed by atoms with E-state index >= 15 is 0 Å². The van der Waals surface area contributed by atoms with E-state index in [1.54, 1.807) is 0 Å². The highest BCUT2D eigenvalue weighted by atomic mass is 16.6. The maximum Gasteiger partial charge on any atom is 0.317 e. The summed E-state index contributed by atoms with van der Waals surface area (Å²) < 4.78 is 10.4. The Morgan fingerprint density at radius 1 is 1.29 bits per heavy atom. The normalized spacial score (nSPS) is 38.2. The van der Waals surface area contributed by atoms with Crippen molar-refractivity contribution in [2.75, 3.05) is 13.2 Å². The van der Waals surface area contributed by atoms with Crippen LogP contribution in [0.15, 0.2) is 34.9 Å². The van der Waals surface area contributed by atoms with E-state index in [9.17, 15) is 9.59 Å². The van der Waals surface area contributed by atoms with Gasteiger partial charge in [-0.15, -0.1) is 0 Å². The number of rotatable bonds is 1.